The molecule has 0 saturated carbocycles. The lowest BCUT2D eigenvalue weighted by atomic mass is 10.1. The Labute approximate surface area is 347 Å². The Bertz CT molecular complexity index is 911. The van der Waals surface area contributed by atoms with E-state index in [2.05, 4.69) is 45.1 Å². The van der Waals surface area contributed by atoms with Crippen molar-refractivity contribution in [3.05, 3.63) is 24.3 Å². The molecule has 0 amide bonds. The topological polar surface area (TPSA) is 78.9 Å². The molecule has 0 radical (unpaired) electrons. The summed E-state index contributed by atoms with van der Waals surface area (Å²) in [4.78, 5) is 37.7. The lowest BCUT2D eigenvalue weighted by molar-refractivity contribution is -0.167. The molecule has 0 heterocycles. The first-order valence-electron chi connectivity index (χ1n) is 24.4. The fourth-order valence-electron chi connectivity index (χ4n) is 7.02. The first kappa shape index (κ1) is 53.9. The van der Waals surface area contributed by atoms with Crippen molar-refractivity contribution in [1.82, 2.24) is 0 Å². The van der Waals surface area contributed by atoms with Crippen molar-refractivity contribution in [3.63, 3.8) is 0 Å². The van der Waals surface area contributed by atoms with Gasteiger partial charge in [0.2, 0.25) is 0 Å². The minimum absolute atomic E-state index is 0.0682. The van der Waals surface area contributed by atoms with Crippen LogP contribution in [0.2, 0.25) is 0 Å². The number of allylic oxidation sites excluding steroid dienone is 4. The number of carbonyl (C=O) groups excluding carboxylic acids is 3. The van der Waals surface area contributed by atoms with Gasteiger partial charge in [0.15, 0.2) is 6.10 Å². The minimum Gasteiger partial charge on any atom is -0.462 e. The third kappa shape index (κ3) is 43.0. The lowest BCUT2D eigenvalue weighted by Gasteiger charge is -2.18. The third-order valence-electron chi connectivity index (χ3n) is 10.7. The molecule has 56 heavy (non-hydrogen) atoms. The molecule has 1 unspecified atom stereocenters. The number of hydrogen-bond acceptors (Lipinski definition) is 6. The Morgan fingerprint density at radius 2 is 0.625 bits per heavy atom. The fourth-order valence-corrected chi connectivity index (χ4v) is 7.02. The van der Waals surface area contributed by atoms with Crippen LogP contribution in [0.1, 0.15) is 258 Å². The minimum atomic E-state index is -0.764. The van der Waals surface area contributed by atoms with Crippen molar-refractivity contribution in [2.75, 3.05) is 13.2 Å². The van der Waals surface area contributed by atoms with Crippen molar-refractivity contribution < 1.29 is 28.6 Å². The van der Waals surface area contributed by atoms with Gasteiger partial charge in [0.1, 0.15) is 13.2 Å². The zero-order valence-corrected chi connectivity index (χ0v) is 37.4. The average molecular weight is 789 g/mol. The average Bonchev–Trinajstić information content (AvgIpc) is 3.19. The molecule has 0 spiro atoms. The van der Waals surface area contributed by atoms with Gasteiger partial charge in [-0.3, -0.25) is 14.4 Å². The van der Waals surface area contributed by atoms with Gasteiger partial charge in [-0.25, -0.2) is 0 Å². The molecule has 0 aliphatic carbocycles. The maximum Gasteiger partial charge on any atom is 0.306 e. The zero-order valence-electron chi connectivity index (χ0n) is 37.4. The van der Waals surface area contributed by atoms with Gasteiger partial charge in [-0.15, -0.1) is 0 Å². The van der Waals surface area contributed by atoms with Crippen molar-refractivity contribution in [2.45, 2.75) is 264 Å². The summed E-state index contributed by atoms with van der Waals surface area (Å²) in [6.45, 7) is 6.59. The molecule has 328 valence electrons. The summed E-state index contributed by atoms with van der Waals surface area (Å²) in [7, 11) is 0. The molecule has 0 saturated heterocycles. The van der Waals surface area contributed by atoms with Crippen molar-refractivity contribution in [3.8, 4) is 0 Å². The Kier molecular flexibility index (Phi) is 43.9. The molecule has 0 aromatic heterocycles. The van der Waals surface area contributed by atoms with Gasteiger partial charge in [0.05, 0.1) is 0 Å². The summed E-state index contributed by atoms with van der Waals surface area (Å²) in [6, 6.07) is 0. The molecular formula is C50H92O6. The molecule has 0 aliphatic rings. The fraction of sp³-hybridized carbons (Fsp3) is 0.860. The predicted octanol–water partition coefficient (Wildman–Crippen LogP) is 15.6. The molecule has 0 fully saturated rings. The normalized spacial score (nSPS) is 12.1. The second-order valence-corrected chi connectivity index (χ2v) is 16.4. The van der Waals surface area contributed by atoms with E-state index in [0.29, 0.717) is 19.3 Å². The van der Waals surface area contributed by atoms with E-state index in [1.165, 1.54) is 161 Å². The van der Waals surface area contributed by atoms with Crippen molar-refractivity contribution in [2.24, 2.45) is 0 Å². The SMILES string of the molecule is CCCCC/C=C\C=C/CCCCCCCCCCCCC(=O)OCC(COC(=O)CCCCCCCCCCC)OC(=O)CCCCCCCCCCCC. The molecule has 0 bridgehead atoms. The van der Waals surface area contributed by atoms with E-state index < -0.39 is 6.10 Å². The Morgan fingerprint density at radius 1 is 0.357 bits per heavy atom. The van der Waals surface area contributed by atoms with Gasteiger partial charge in [-0.2, -0.15) is 0 Å². The van der Waals surface area contributed by atoms with Gasteiger partial charge in [-0.05, 0) is 44.9 Å². The van der Waals surface area contributed by atoms with Crippen LogP contribution in [0.5, 0.6) is 0 Å². The second-order valence-electron chi connectivity index (χ2n) is 16.4. The molecule has 0 aliphatic heterocycles. The van der Waals surface area contributed by atoms with E-state index >= 15 is 0 Å². The van der Waals surface area contributed by atoms with E-state index in [1.54, 1.807) is 0 Å². The monoisotopic (exact) mass is 789 g/mol. The summed E-state index contributed by atoms with van der Waals surface area (Å²) < 4.78 is 16.7. The molecule has 0 rings (SSSR count). The van der Waals surface area contributed by atoms with Crippen LogP contribution in [0.15, 0.2) is 24.3 Å². The van der Waals surface area contributed by atoms with E-state index in [1.807, 2.05) is 0 Å². The molecule has 0 aromatic rings. The number of esters is 3. The summed E-state index contributed by atoms with van der Waals surface area (Å²) in [6.07, 6.45) is 50.2. The van der Waals surface area contributed by atoms with E-state index in [4.69, 9.17) is 14.2 Å². The molecule has 0 N–H and O–H groups in total. The van der Waals surface area contributed by atoms with Gasteiger partial charge < -0.3 is 14.2 Å². The number of hydrogen-bond donors (Lipinski definition) is 0. The Balaban J connectivity index is 4.23. The molecule has 1 atom stereocenters. The number of unbranched alkanes of at least 4 members (excludes halogenated alkanes) is 30. The highest BCUT2D eigenvalue weighted by Gasteiger charge is 2.19. The van der Waals surface area contributed by atoms with Crippen molar-refractivity contribution in [1.29, 1.82) is 0 Å². The lowest BCUT2D eigenvalue weighted by Crippen LogP contribution is -2.30. The van der Waals surface area contributed by atoms with E-state index in [9.17, 15) is 14.4 Å². The highest BCUT2D eigenvalue weighted by atomic mass is 16.6. The van der Waals surface area contributed by atoms with Gasteiger partial charge in [-0.1, -0.05) is 218 Å². The predicted molar refractivity (Wildman–Crippen MR) is 238 cm³/mol. The number of ether oxygens (including phenoxy) is 3. The maximum absolute atomic E-state index is 12.7. The highest BCUT2D eigenvalue weighted by Crippen LogP contribution is 2.15. The summed E-state index contributed by atoms with van der Waals surface area (Å²) in [5.41, 5.74) is 0. The molecule has 6 nitrogen and oxygen atoms in total. The van der Waals surface area contributed by atoms with Gasteiger partial charge in [0, 0.05) is 19.3 Å². The van der Waals surface area contributed by atoms with Crippen molar-refractivity contribution >= 4 is 17.9 Å². The summed E-state index contributed by atoms with van der Waals surface area (Å²) in [5, 5.41) is 0. The first-order chi connectivity index (χ1) is 27.5. The summed E-state index contributed by atoms with van der Waals surface area (Å²) in [5.74, 6) is -0.867. The van der Waals surface area contributed by atoms with E-state index in [-0.39, 0.29) is 31.1 Å². The third-order valence-corrected chi connectivity index (χ3v) is 10.7. The van der Waals surface area contributed by atoms with Crippen LogP contribution in [0, 0.1) is 0 Å². The largest absolute Gasteiger partial charge is 0.462 e. The Morgan fingerprint density at radius 3 is 0.982 bits per heavy atom. The van der Waals surface area contributed by atoms with Crippen LogP contribution < -0.4 is 0 Å². The van der Waals surface area contributed by atoms with Crippen LogP contribution in [-0.2, 0) is 28.6 Å². The molecule has 0 aromatic carbocycles. The Hall–Kier alpha value is -2.11. The standard InChI is InChI=1S/C50H92O6/c1-4-7-10-13-16-19-21-22-23-24-25-26-27-28-29-32-34-37-40-43-49(52)55-46-47(45-54-48(51)42-39-36-33-30-18-15-12-9-6-3)56-50(53)44-41-38-35-31-20-17-14-11-8-5-2/h16,19,21-22,47H,4-15,17-18,20,23-46H2,1-3H3/b19-16-,22-21-. The van der Waals surface area contributed by atoms with Gasteiger partial charge in [0.25, 0.3) is 0 Å². The van der Waals surface area contributed by atoms with Gasteiger partial charge >= 0.3 is 17.9 Å². The number of carbonyl (C=O) groups is 3. The quantitative estimate of drug-likeness (QED) is 0.0265. The number of rotatable bonds is 44. The maximum atomic E-state index is 12.7. The van der Waals surface area contributed by atoms with E-state index in [0.717, 1.165) is 57.8 Å². The highest BCUT2D eigenvalue weighted by molar-refractivity contribution is 5.71. The molecule has 6 heteroatoms. The zero-order chi connectivity index (χ0) is 40.8. The molecular weight excluding hydrogens is 697 g/mol. The summed E-state index contributed by atoms with van der Waals surface area (Å²) >= 11 is 0. The van der Waals surface area contributed by atoms with Crippen LogP contribution in [0.4, 0.5) is 0 Å². The second kappa shape index (κ2) is 45.6. The van der Waals surface area contributed by atoms with Crippen LogP contribution in [-0.4, -0.2) is 37.2 Å². The van der Waals surface area contributed by atoms with Crippen LogP contribution in [0.25, 0.3) is 0 Å². The first-order valence-corrected chi connectivity index (χ1v) is 24.4. The van der Waals surface area contributed by atoms with Crippen LogP contribution in [0.3, 0.4) is 0 Å². The van der Waals surface area contributed by atoms with Crippen LogP contribution >= 0.6 is 0 Å². The smallest absolute Gasteiger partial charge is 0.306 e.